The number of aromatic nitrogens is 3. The minimum absolute atomic E-state index is 0.730. The maximum Gasteiger partial charge on any atom is 0.160 e. The smallest absolute Gasteiger partial charge is 0.160 e. The van der Waals surface area contributed by atoms with Gasteiger partial charge in [-0.05, 0) is 41.5 Å². The number of nitrogens with zero attached hydrogens (tertiary/aromatic N) is 3. The average Bonchev–Trinajstić information content (AvgIpc) is 3.40. The van der Waals surface area contributed by atoms with Crippen molar-refractivity contribution in [2.24, 2.45) is 0 Å². The second-order valence-electron chi connectivity index (χ2n) is 10.2. The van der Waals surface area contributed by atoms with Crippen LogP contribution in [0.4, 0.5) is 0 Å². The van der Waals surface area contributed by atoms with Crippen LogP contribution in [0.25, 0.3) is 72.2 Å². The fourth-order valence-corrected chi connectivity index (χ4v) is 6.03. The predicted octanol–water partition coefficient (Wildman–Crippen LogP) is 9.73. The third-order valence-corrected chi connectivity index (χ3v) is 7.80. The maximum absolute atomic E-state index is 5.21. The Balaban J connectivity index is 1.48. The predicted molar refractivity (Wildman–Crippen MR) is 170 cm³/mol. The Morgan fingerprint density at radius 3 is 1.76 bits per heavy atom. The van der Waals surface area contributed by atoms with Crippen LogP contribution in [0.15, 0.2) is 152 Å². The van der Waals surface area contributed by atoms with Crippen LogP contribution >= 0.6 is 0 Å². The molecule has 0 unspecified atom stereocenters. The van der Waals surface area contributed by atoms with Crippen molar-refractivity contribution in [3.63, 3.8) is 0 Å². The number of rotatable bonds is 4. The molecule has 8 aromatic rings. The number of benzene rings is 6. The fraction of sp³-hybridized carbons (Fsp3) is 0. The minimum Gasteiger partial charge on any atom is -0.309 e. The molecule has 0 aliphatic carbocycles. The van der Waals surface area contributed by atoms with E-state index in [-0.39, 0.29) is 0 Å². The van der Waals surface area contributed by atoms with Crippen molar-refractivity contribution in [3.05, 3.63) is 152 Å². The van der Waals surface area contributed by atoms with E-state index >= 15 is 0 Å². The zero-order valence-corrected chi connectivity index (χ0v) is 22.3. The van der Waals surface area contributed by atoms with Crippen molar-refractivity contribution >= 4 is 32.7 Å². The summed E-state index contributed by atoms with van der Waals surface area (Å²) in [7, 11) is 0. The second kappa shape index (κ2) is 9.58. The zero-order valence-electron chi connectivity index (χ0n) is 22.3. The highest BCUT2D eigenvalue weighted by atomic mass is 15.0. The van der Waals surface area contributed by atoms with Crippen molar-refractivity contribution in [3.8, 4) is 39.5 Å². The Bertz CT molecular complexity index is 2180. The molecule has 0 fully saturated rings. The van der Waals surface area contributed by atoms with Gasteiger partial charge in [-0.1, -0.05) is 121 Å². The van der Waals surface area contributed by atoms with Gasteiger partial charge in [0.2, 0.25) is 0 Å². The third kappa shape index (κ3) is 3.82. The van der Waals surface area contributed by atoms with Gasteiger partial charge in [0.15, 0.2) is 5.82 Å². The van der Waals surface area contributed by atoms with Gasteiger partial charge in [0, 0.05) is 33.0 Å². The van der Waals surface area contributed by atoms with E-state index in [1.807, 2.05) is 24.3 Å². The van der Waals surface area contributed by atoms with E-state index in [0.717, 1.165) is 44.8 Å². The Morgan fingerprint density at radius 2 is 1.00 bits per heavy atom. The number of fused-ring (bicyclic) bond motifs is 4. The van der Waals surface area contributed by atoms with Gasteiger partial charge in [0.05, 0.1) is 22.2 Å². The van der Waals surface area contributed by atoms with E-state index in [1.54, 1.807) is 0 Å². The molecule has 192 valence electrons. The second-order valence-corrected chi connectivity index (χ2v) is 10.2. The van der Waals surface area contributed by atoms with E-state index in [2.05, 4.69) is 132 Å². The lowest BCUT2D eigenvalue weighted by atomic mass is 9.93. The van der Waals surface area contributed by atoms with E-state index in [4.69, 9.17) is 9.97 Å². The molecule has 41 heavy (non-hydrogen) atoms. The SMILES string of the molecule is c1ccc(-c2nc(-c3ccccc3)c3c(-c4cccc5c4c4ccccc4n5-c4ccccc4)cccc3n2)cc1. The molecule has 0 bridgehead atoms. The molecule has 0 saturated carbocycles. The van der Waals surface area contributed by atoms with Gasteiger partial charge < -0.3 is 4.57 Å². The van der Waals surface area contributed by atoms with Gasteiger partial charge in [0.25, 0.3) is 0 Å². The molecule has 2 heterocycles. The molecule has 0 aliphatic rings. The lowest BCUT2D eigenvalue weighted by molar-refractivity contribution is 1.18. The van der Waals surface area contributed by atoms with Crippen LogP contribution in [0.1, 0.15) is 0 Å². The van der Waals surface area contributed by atoms with Crippen LogP contribution in [0.2, 0.25) is 0 Å². The Morgan fingerprint density at radius 1 is 0.415 bits per heavy atom. The Kier molecular flexibility index (Phi) is 5.46. The van der Waals surface area contributed by atoms with Crippen LogP contribution < -0.4 is 0 Å². The van der Waals surface area contributed by atoms with Gasteiger partial charge in [0.1, 0.15) is 0 Å². The highest BCUT2D eigenvalue weighted by Gasteiger charge is 2.20. The fourth-order valence-electron chi connectivity index (χ4n) is 6.03. The summed E-state index contributed by atoms with van der Waals surface area (Å²) in [5, 5.41) is 3.51. The summed E-state index contributed by atoms with van der Waals surface area (Å²) < 4.78 is 2.36. The monoisotopic (exact) mass is 523 g/mol. The van der Waals surface area contributed by atoms with Crippen molar-refractivity contribution in [2.75, 3.05) is 0 Å². The van der Waals surface area contributed by atoms with E-state index in [9.17, 15) is 0 Å². The number of hydrogen-bond acceptors (Lipinski definition) is 2. The van der Waals surface area contributed by atoms with Crippen LogP contribution in [0.5, 0.6) is 0 Å². The summed E-state index contributed by atoms with van der Waals surface area (Å²) in [6, 6.07) is 53.0. The van der Waals surface area contributed by atoms with Crippen LogP contribution in [-0.2, 0) is 0 Å². The summed E-state index contributed by atoms with van der Waals surface area (Å²) in [5.41, 5.74) is 9.76. The van der Waals surface area contributed by atoms with E-state index in [1.165, 1.54) is 27.4 Å². The maximum atomic E-state index is 5.21. The molecule has 0 atom stereocenters. The lowest BCUT2D eigenvalue weighted by Gasteiger charge is -2.14. The first-order chi connectivity index (χ1) is 20.4. The van der Waals surface area contributed by atoms with Crippen molar-refractivity contribution < 1.29 is 0 Å². The van der Waals surface area contributed by atoms with Crippen LogP contribution in [0.3, 0.4) is 0 Å². The molecule has 3 nitrogen and oxygen atoms in total. The van der Waals surface area contributed by atoms with Crippen molar-refractivity contribution in [1.29, 1.82) is 0 Å². The summed E-state index contributed by atoms with van der Waals surface area (Å²) in [6.07, 6.45) is 0. The molecule has 6 aromatic carbocycles. The van der Waals surface area contributed by atoms with Gasteiger partial charge in [-0.25, -0.2) is 9.97 Å². The molecule has 0 spiro atoms. The summed E-state index contributed by atoms with van der Waals surface area (Å²) in [6.45, 7) is 0. The van der Waals surface area contributed by atoms with Gasteiger partial charge in [-0.2, -0.15) is 0 Å². The first kappa shape index (κ1) is 23.4. The number of para-hydroxylation sites is 2. The first-order valence-electron chi connectivity index (χ1n) is 13.9. The zero-order chi connectivity index (χ0) is 27.2. The summed E-state index contributed by atoms with van der Waals surface area (Å²) >= 11 is 0. The largest absolute Gasteiger partial charge is 0.309 e. The molecule has 0 N–H and O–H groups in total. The van der Waals surface area contributed by atoms with Crippen molar-refractivity contribution in [1.82, 2.24) is 14.5 Å². The highest BCUT2D eigenvalue weighted by molar-refractivity contribution is 6.19. The van der Waals surface area contributed by atoms with Crippen molar-refractivity contribution in [2.45, 2.75) is 0 Å². The Labute approximate surface area is 238 Å². The molecule has 0 radical (unpaired) electrons. The Hall–Kier alpha value is -5.54. The molecule has 8 rings (SSSR count). The minimum atomic E-state index is 0.730. The van der Waals surface area contributed by atoms with Gasteiger partial charge >= 0.3 is 0 Å². The average molecular weight is 524 g/mol. The van der Waals surface area contributed by atoms with Gasteiger partial charge in [-0.3, -0.25) is 0 Å². The lowest BCUT2D eigenvalue weighted by Crippen LogP contribution is -1.97. The van der Waals surface area contributed by atoms with Crippen LogP contribution in [0, 0.1) is 0 Å². The normalized spacial score (nSPS) is 11.4. The first-order valence-corrected chi connectivity index (χ1v) is 13.9. The molecule has 2 aromatic heterocycles. The molecule has 0 amide bonds. The molecular weight excluding hydrogens is 498 g/mol. The number of hydrogen-bond donors (Lipinski definition) is 0. The summed E-state index contributed by atoms with van der Waals surface area (Å²) in [4.78, 5) is 10.3. The van der Waals surface area contributed by atoms with Gasteiger partial charge in [-0.15, -0.1) is 0 Å². The third-order valence-electron chi connectivity index (χ3n) is 7.80. The van der Waals surface area contributed by atoms with Crippen LogP contribution in [-0.4, -0.2) is 14.5 Å². The molecule has 0 aliphatic heterocycles. The highest BCUT2D eigenvalue weighted by Crippen LogP contribution is 2.42. The molecule has 0 saturated heterocycles. The summed E-state index contributed by atoms with van der Waals surface area (Å²) in [5.74, 6) is 0.730. The topological polar surface area (TPSA) is 30.7 Å². The quantitative estimate of drug-likeness (QED) is 0.230. The molecule has 3 heteroatoms. The molecular formula is C38H25N3. The van der Waals surface area contributed by atoms with E-state index < -0.39 is 0 Å². The van der Waals surface area contributed by atoms with E-state index in [0.29, 0.717) is 0 Å². The standard InChI is InChI=1S/C38H25N3/c1-4-14-26(15-5-1)37-36-30(21-12-23-32(36)39-38(40-37)27-16-6-2-7-17-27)29-22-13-25-34-35(29)31-20-10-11-24-33(31)41(34)28-18-8-3-9-19-28/h1-25H.